The molecule has 0 N–H and O–H groups in total. The van der Waals surface area contributed by atoms with E-state index in [9.17, 15) is 13.2 Å². The molecular formula is C14H8BrCl2F3O. The number of hydrogen-bond donors (Lipinski definition) is 0. The van der Waals surface area contributed by atoms with Crippen molar-refractivity contribution in [2.45, 2.75) is 12.1 Å². The highest BCUT2D eigenvalue weighted by molar-refractivity contribution is 9.10. The summed E-state index contributed by atoms with van der Waals surface area (Å²) in [4.78, 5) is 0. The van der Waals surface area contributed by atoms with Crippen LogP contribution < -0.4 is 4.74 Å². The zero-order valence-electron chi connectivity index (χ0n) is 10.3. The van der Waals surface area contributed by atoms with Crippen LogP contribution in [-0.4, -0.2) is 0 Å². The number of alkyl halides is 4. The molecule has 0 aliphatic rings. The first-order chi connectivity index (χ1) is 9.81. The molecule has 0 heterocycles. The Morgan fingerprint density at radius 2 is 1.81 bits per heavy atom. The van der Waals surface area contributed by atoms with Crippen LogP contribution >= 0.6 is 39.1 Å². The van der Waals surface area contributed by atoms with Crippen molar-refractivity contribution in [1.82, 2.24) is 0 Å². The van der Waals surface area contributed by atoms with Gasteiger partial charge in [-0.2, -0.15) is 13.2 Å². The third kappa shape index (κ3) is 4.05. The van der Waals surface area contributed by atoms with Gasteiger partial charge >= 0.3 is 6.18 Å². The zero-order chi connectivity index (χ0) is 15.6. The second kappa shape index (κ2) is 6.46. The summed E-state index contributed by atoms with van der Waals surface area (Å²) in [6, 6.07) is 8.46. The van der Waals surface area contributed by atoms with E-state index in [1.807, 2.05) is 0 Å². The van der Waals surface area contributed by atoms with E-state index in [-0.39, 0.29) is 22.9 Å². The van der Waals surface area contributed by atoms with Gasteiger partial charge in [0.05, 0.1) is 10.6 Å². The quantitative estimate of drug-likeness (QED) is 0.525. The third-order valence-corrected chi connectivity index (χ3v) is 3.73. The first-order valence-electron chi connectivity index (χ1n) is 5.70. The largest absolute Gasteiger partial charge is 0.456 e. The van der Waals surface area contributed by atoms with E-state index in [1.165, 1.54) is 12.1 Å². The highest BCUT2D eigenvalue weighted by Gasteiger charge is 2.33. The van der Waals surface area contributed by atoms with Crippen LogP contribution in [0.4, 0.5) is 13.2 Å². The minimum absolute atomic E-state index is 0.00146. The van der Waals surface area contributed by atoms with Gasteiger partial charge in [0.1, 0.15) is 11.5 Å². The predicted molar refractivity (Wildman–Crippen MR) is 80.2 cm³/mol. The first kappa shape index (κ1) is 16.5. The lowest BCUT2D eigenvalue weighted by Gasteiger charge is -2.14. The predicted octanol–water partition coefficient (Wildman–Crippen LogP) is 6.65. The molecule has 112 valence electrons. The fourth-order valence-electron chi connectivity index (χ4n) is 1.68. The van der Waals surface area contributed by atoms with Gasteiger partial charge in [-0.3, -0.25) is 0 Å². The van der Waals surface area contributed by atoms with Crippen LogP contribution in [-0.2, 0) is 12.1 Å². The maximum atomic E-state index is 12.9. The zero-order valence-corrected chi connectivity index (χ0v) is 13.4. The van der Waals surface area contributed by atoms with Gasteiger partial charge in [0.2, 0.25) is 0 Å². The van der Waals surface area contributed by atoms with Gasteiger partial charge in [0.25, 0.3) is 0 Å². The van der Waals surface area contributed by atoms with E-state index < -0.39 is 11.7 Å². The van der Waals surface area contributed by atoms with Crippen LogP contribution in [0.2, 0.25) is 5.02 Å². The van der Waals surface area contributed by atoms with Crippen LogP contribution in [0.5, 0.6) is 11.5 Å². The van der Waals surface area contributed by atoms with Crippen molar-refractivity contribution < 1.29 is 17.9 Å². The Morgan fingerprint density at radius 1 is 1.10 bits per heavy atom. The fourth-order valence-corrected chi connectivity index (χ4v) is 2.63. The Labute approximate surface area is 137 Å². The minimum atomic E-state index is -4.49. The molecule has 0 aliphatic carbocycles. The normalized spacial score (nSPS) is 11.5. The number of benzene rings is 2. The smallest absolute Gasteiger partial charge is 0.416 e. The summed E-state index contributed by atoms with van der Waals surface area (Å²) in [6.07, 6.45) is -4.49. The molecule has 0 bridgehead atoms. The first-order valence-corrected chi connectivity index (χ1v) is 7.41. The van der Waals surface area contributed by atoms with Crippen molar-refractivity contribution in [3.05, 3.63) is 57.0 Å². The lowest BCUT2D eigenvalue weighted by molar-refractivity contribution is -0.138. The summed E-state index contributed by atoms with van der Waals surface area (Å²) < 4.78 is 45.0. The van der Waals surface area contributed by atoms with Gasteiger partial charge in [0.15, 0.2) is 0 Å². The van der Waals surface area contributed by atoms with Gasteiger partial charge in [-0.25, -0.2) is 0 Å². The van der Waals surface area contributed by atoms with Gasteiger partial charge in [-0.05, 0) is 35.9 Å². The second-order valence-electron chi connectivity index (χ2n) is 4.13. The summed E-state index contributed by atoms with van der Waals surface area (Å²) in [5.74, 6) is 0.0841. The SMILES string of the molecule is FC(F)(F)c1cc(Oc2ccc(Br)cc2Cl)ccc1CCl. The average Bonchev–Trinajstić information content (AvgIpc) is 2.41. The molecule has 2 aromatic carbocycles. The van der Waals surface area contributed by atoms with Crippen LogP contribution in [0.25, 0.3) is 0 Å². The molecule has 0 radical (unpaired) electrons. The summed E-state index contributed by atoms with van der Waals surface area (Å²) in [6.45, 7) is 0. The minimum Gasteiger partial charge on any atom is -0.456 e. The Hall–Kier alpha value is -0.910. The Morgan fingerprint density at radius 3 is 2.38 bits per heavy atom. The van der Waals surface area contributed by atoms with Crippen molar-refractivity contribution in [3.8, 4) is 11.5 Å². The molecule has 2 aromatic rings. The summed E-state index contributed by atoms with van der Waals surface area (Å²) in [5, 5.41) is 0.291. The lowest BCUT2D eigenvalue weighted by Crippen LogP contribution is -2.08. The summed E-state index contributed by atoms with van der Waals surface area (Å²) >= 11 is 14.7. The van der Waals surface area contributed by atoms with Crippen LogP contribution in [0.15, 0.2) is 40.9 Å². The van der Waals surface area contributed by atoms with Crippen LogP contribution in [0.1, 0.15) is 11.1 Å². The molecule has 0 unspecified atom stereocenters. The molecule has 0 spiro atoms. The molecule has 0 fully saturated rings. The number of hydrogen-bond acceptors (Lipinski definition) is 1. The third-order valence-electron chi connectivity index (χ3n) is 2.65. The molecule has 0 saturated carbocycles. The molecule has 1 nitrogen and oxygen atoms in total. The number of rotatable bonds is 3. The molecule has 0 atom stereocenters. The summed E-state index contributed by atoms with van der Waals surface area (Å²) in [7, 11) is 0. The standard InChI is InChI=1S/C14H8BrCl2F3O/c15-9-2-4-13(12(17)5-9)21-10-3-1-8(7-16)11(6-10)14(18,19)20/h1-6H,7H2. The van der Waals surface area contributed by atoms with E-state index in [0.29, 0.717) is 5.02 Å². The molecule has 0 aliphatic heterocycles. The van der Waals surface area contributed by atoms with Gasteiger partial charge < -0.3 is 4.74 Å². The van der Waals surface area contributed by atoms with E-state index in [4.69, 9.17) is 27.9 Å². The number of halogens is 6. The van der Waals surface area contributed by atoms with E-state index in [1.54, 1.807) is 18.2 Å². The van der Waals surface area contributed by atoms with Crippen molar-refractivity contribution in [2.24, 2.45) is 0 Å². The van der Waals surface area contributed by atoms with Gasteiger partial charge in [-0.15, -0.1) is 11.6 Å². The Bertz CT molecular complexity index is 659. The van der Waals surface area contributed by atoms with Crippen molar-refractivity contribution in [1.29, 1.82) is 0 Å². The highest BCUT2D eigenvalue weighted by atomic mass is 79.9. The number of ether oxygens (including phenoxy) is 1. The molecule has 0 saturated heterocycles. The summed E-state index contributed by atoms with van der Waals surface area (Å²) in [5.41, 5.74) is -0.818. The maximum Gasteiger partial charge on any atom is 0.416 e. The molecule has 2 rings (SSSR count). The van der Waals surface area contributed by atoms with Crippen molar-refractivity contribution in [3.63, 3.8) is 0 Å². The molecule has 21 heavy (non-hydrogen) atoms. The Balaban J connectivity index is 2.37. The topological polar surface area (TPSA) is 9.23 Å². The van der Waals surface area contributed by atoms with Gasteiger partial charge in [0, 0.05) is 10.4 Å². The molecular weight excluding hydrogens is 392 g/mol. The molecule has 0 amide bonds. The van der Waals surface area contributed by atoms with Crippen molar-refractivity contribution >= 4 is 39.1 Å². The monoisotopic (exact) mass is 398 g/mol. The average molecular weight is 400 g/mol. The molecule has 7 heteroatoms. The highest BCUT2D eigenvalue weighted by Crippen LogP contribution is 2.37. The molecule has 0 aromatic heterocycles. The van der Waals surface area contributed by atoms with E-state index in [2.05, 4.69) is 15.9 Å². The second-order valence-corrected chi connectivity index (χ2v) is 5.72. The van der Waals surface area contributed by atoms with E-state index >= 15 is 0 Å². The maximum absolute atomic E-state index is 12.9. The van der Waals surface area contributed by atoms with Crippen LogP contribution in [0.3, 0.4) is 0 Å². The fraction of sp³-hybridized carbons (Fsp3) is 0.143. The lowest BCUT2D eigenvalue weighted by atomic mass is 10.1. The van der Waals surface area contributed by atoms with Crippen molar-refractivity contribution in [2.75, 3.05) is 0 Å². The van der Waals surface area contributed by atoms with Gasteiger partial charge in [-0.1, -0.05) is 33.6 Å². The van der Waals surface area contributed by atoms with E-state index in [0.717, 1.165) is 10.5 Å². The van der Waals surface area contributed by atoms with Crippen LogP contribution in [0, 0.1) is 0 Å². The Kier molecular flexibility index (Phi) is 5.07.